The van der Waals surface area contributed by atoms with Gasteiger partial charge in [-0.15, -0.1) is 0 Å². The summed E-state index contributed by atoms with van der Waals surface area (Å²) >= 11 is 0. The zero-order valence-electron chi connectivity index (χ0n) is 11.1. The number of esters is 1. The van der Waals surface area contributed by atoms with E-state index in [4.69, 9.17) is 9.84 Å². The maximum atomic E-state index is 13.4. The van der Waals surface area contributed by atoms with Gasteiger partial charge in [-0.3, -0.25) is 4.79 Å². The lowest BCUT2D eigenvalue weighted by atomic mass is 10.2. The Morgan fingerprint density at radius 1 is 1.40 bits per heavy atom. The molecule has 2 N–H and O–H groups in total. The normalized spacial score (nSPS) is 13.2. The van der Waals surface area contributed by atoms with Crippen LogP contribution in [0, 0.1) is 5.82 Å². The van der Waals surface area contributed by atoms with Crippen molar-refractivity contribution in [2.75, 3.05) is 13.7 Å². The molecule has 6 nitrogen and oxygen atoms in total. The summed E-state index contributed by atoms with van der Waals surface area (Å²) in [6.45, 7) is 0.790. The van der Waals surface area contributed by atoms with Gasteiger partial charge in [0, 0.05) is 0 Å². The summed E-state index contributed by atoms with van der Waals surface area (Å²) in [5.41, 5.74) is 0. The molecule has 0 aliphatic heterocycles. The summed E-state index contributed by atoms with van der Waals surface area (Å²) in [7, 11) is 1.14. The van der Waals surface area contributed by atoms with Gasteiger partial charge in [0.2, 0.25) is 0 Å². The monoisotopic (exact) mass is 285 g/mol. The molecule has 1 rings (SSSR count). The highest BCUT2D eigenvalue weighted by Gasteiger charge is 2.24. The fourth-order valence-electron chi connectivity index (χ4n) is 1.39. The van der Waals surface area contributed by atoms with Gasteiger partial charge in [-0.25, -0.2) is 9.18 Å². The molecule has 2 unspecified atom stereocenters. The number of amides is 1. The smallest absolute Gasteiger partial charge is 0.330 e. The van der Waals surface area contributed by atoms with Crippen LogP contribution < -0.4 is 10.1 Å². The third kappa shape index (κ3) is 4.20. The van der Waals surface area contributed by atoms with E-state index in [0.717, 1.165) is 7.11 Å². The molecule has 0 saturated heterocycles. The largest absolute Gasteiger partial charge is 0.478 e. The molecule has 2 atom stereocenters. The van der Waals surface area contributed by atoms with E-state index in [1.54, 1.807) is 6.07 Å². The minimum atomic E-state index is -1.18. The lowest BCUT2D eigenvalue weighted by Crippen LogP contribution is -2.48. The van der Waals surface area contributed by atoms with Gasteiger partial charge in [0.1, 0.15) is 0 Å². The van der Waals surface area contributed by atoms with Crippen molar-refractivity contribution in [3.05, 3.63) is 30.1 Å². The van der Waals surface area contributed by atoms with E-state index >= 15 is 0 Å². The molecule has 1 aromatic carbocycles. The number of hydrogen-bond acceptors (Lipinski definition) is 5. The third-order valence-electron chi connectivity index (χ3n) is 2.49. The van der Waals surface area contributed by atoms with Crippen molar-refractivity contribution in [1.29, 1.82) is 0 Å². The summed E-state index contributed by atoms with van der Waals surface area (Å²) in [6, 6.07) is 4.45. The van der Waals surface area contributed by atoms with E-state index in [2.05, 4.69) is 10.1 Å². The molecule has 7 heteroatoms. The zero-order chi connectivity index (χ0) is 15.1. The van der Waals surface area contributed by atoms with Gasteiger partial charge in [-0.05, 0) is 19.1 Å². The molecule has 0 aliphatic carbocycles. The second-order valence-corrected chi connectivity index (χ2v) is 3.96. The molecule has 1 aromatic rings. The van der Waals surface area contributed by atoms with Crippen LogP contribution in [0.25, 0.3) is 0 Å². The van der Waals surface area contributed by atoms with Crippen molar-refractivity contribution in [1.82, 2.24) is 5.32 Å². The molecule has 1 amide bonds. The molecule has 0 fully saturated rings. The number of hydrogen-bond donors (Lipinski definition) is 2. The number of nitrogens with one attached hydrogen (secondary N) is 1. The van der Waals surface area contributed by atoms with Crippen molar-refractivity contribution in [3.8, 4) is 5.75 Å². The number of ether oxygens (including phenoxy) is 2. The summed E-state index contributed by atoms with van der Waals surface area (Å²) in [4.78, 5) is 23.0. The van der Waals surface area contributed by atoms with E-state index in [-0.39, 0.29) is 5.75 Å². The van der Waals surface area contributed by atoms with E-state index in [0.29, 0.717) is 0 Å². The molecular formula is C13H16FNO5. The number of carbonyl (C=O) groups excluding carboxylic acids is 2. The van der Waals surface area contributed by atoms with E-state index in [1.165, 1.54) is 25.1 Å². The van der Waals surface area contributed by atoms with Crippen LogP contribution in [0.4, 0.5) is 4.39 Å². The molecule has 0 radical (unpaired) electrons. The Kier molecular flexibility index (Phi) is 5.92. The Bertz CT molecular complexity index is 480. The Morgan fingerprint density at radius 2 is 2.05 bits per heavy atom. The van der Waals surface area contributed by atoms with Crippen LogP contribution in [0.2, 0.25) is 0 Å². The second kappa shape index (κ2) is 7.44. The third-order valence-corrected chi connectivity index (χ3v) is 2.49. The Balaban J connectivity index is 2.63. The van der Waals surface area contributed by atoms with Gasteiger partial charge in [0.15, 0.2) is 23.7 Å². The molecule has 0 aliphatic rings. The van der Waals surface area contributed by atoms with Crippen molar-refractivity contribution in [3.63, 3.8) is 0 Å². The second-order valence-electron chi connectivity index (χ2n) is 3.96. The molecule has 0 aromatic heterocycles. The van der Waals surface area contributed by atoms with Crippen molar-refractivity contribution in [2.24, 2.45) is 0 Å². The molecule has 0 heterocycles. The lowest BCUT2D eigenvalue weighted by molar-refractivity contribution is -0.147. The fourth-order valence-corrected chi connectivity index (χ4v) is 1.39. The summed E-state index contributed by atoms with van der Waals surface area (Å²) < 4.78 is 22.9. The van der Waals surface area contributed by atoms with Crippen LogP contribution in [-0.4, -0.2) is 42.8 Å². The fraction of sp³-hybridized carbons (Fsp3) is 0.385. The summed E-state index contributed by atoms with van der Waals surface area (Å²) in [5, 5.41) is 11.2. The highest BCUT2D eigenvalue weighted by Crippen LogP contribution is 2.16. The van der Waals surface area contributed by atoms with Crippen LogP contribution >= 0.6 is 0 Å². The van der Waals surface area contributed by atoms with E-state index < -0.39 is 36.4 Å². The Hall–Kier alpha value is -2.15. The number of aliphatic hydroxyl groups is 1. The number of rotatable bonds is 6. The predicted molar refractivity (Wildman–Crippen MR) is 67.5 cm³/mol. The van der Waals surface area contributed by atoms with Crippen molar-refractivity contribution >= 4 is 11.9 Å². The highest BCUT2D eigenvalue weighted by molar-refractivity contribution is 5.86. The first kappa shape index (κ1) is 15.9. The zero-order valence-corrected chi connectivity index (χ0v) is 11.1. The maximum absolute atomic E-state index is 13.4. The number of para-hydroxylation sites is 1. The predicted octanol–water partition coefficient (Wildman–Crippen LogP) is 0.243. The van der Waals surface area contributed by atoms with Gasteiger partial charge in [-0.1, -0.05) is 12.1 Å². The van der Waals surface area contributed by atoms with Crippen LogP contribution in [0.3, 0.4) is 0 Å². The molecule has 0 bridgehead atoms. The lowest BCUT2D eigenvalue weighted by Gasteiger charge is -2.18. The topological polar surface area (TPSA) is 84.9 Å². The molecule has 20 heavy (non-hydrogen) atoms. The minimum Gasteiger partial charge on any atom is -0.478 e. The number of methoxy groups -OCH3 is 1. The first-order valence-corrected chi connectivity index (χ1v) is 5.89. The quantitative estimate of drug-likeness (QED) is 0.732. The van der Waals surface area contributed by atoms with Crippen LogP contribution in [0.15, 0.2) is 24.3 Å². The highest BCUT2D eigenvalue weighted by atomic mass is 19.1. The molecular weight excluding hydrogens is 269 g/mol. The van der Waals surface area contributed by atoms with Gasteiger partial charge < -0.3 is 19.9 Å². The van der Waals surface area contributed by atoms with Crippen LogP contribution in [-0.2, 0) is 14.3 Å². The van der Waals surface area contributed by atoms with Gasteiger partial charge >= 0.3 is 5.97 Å². The van der Waals surface area contributed by atoms with E-state index in [1.807, 2.05) is 0 Å². The van der Waals surface area contributed by atoms with Gasteiger partial charge in [0.25, 0.3) is 5.91 Å². The average Bonchev–Trinajstić information content (AvgIpc) is 2.45. The average molecular weight is 285 g/mol. The molecule has 110 valence electrons. The maximum Gasteiger partial charge on any atom is 0.330 e. The Labute approximate surface area is 115 Å². The first-order valence-electron chi connectivity index (χ1n) is 5.89. The first-order chi connectivity index (χ1) is 9.49. The number of benzene rings is 1. The van der Waals surface area contributed by atoms with Crippen LogP contribution in [0.1, 0.15) is 6.92 Å². The van der Waals surface area contributed by atoms with Crippen molar-refractivity contribution in [2.45, 2.75) is 19.1 Å². The standard InChI is InChI=1S/C13H16FNO5/c1-8(20-11-6-4-3-5-9(11)14)12(17)15-10(7-16)13(18)19-2/h3-6,8,10,16H,7H2,1-2H3,(H,15,17). The summed E-state index contributed by atoms with van der Waals surface area (Å²) in [6.07, 6.45) is -1.04. The van der Waals surface area contributed by atoms with E-state index in [9.17, 15) is 14.0 Å². The molecule has 0 spiro atoms. The minimum absolute atomic E-state index is 0.0752. The summed E-state index contributed by atoms with van der Waals surface area (Å²) in [5.74, 6) is -2.12. The van der Waals surface area contributed by atoms with Crippen molar-refractivity contribution < 1.29 is 28.6 Å². The van der Waals surface area contributed by atoms with Crippen LogP contribution in [0.5, 0.6) is 5.75 Å². The van der Waals surface area contributed by atoms with Gasteiger partial charge in [0.05, 0.1) is 13.7 Å². The Morgan fingerprint density at radius 3 is 2.60 bits per heavy atom. The SMILES string of the molecule is COC(=O)C(CO)NC(=O)C(C)Oc1ccccc1F. The number of aliphatic hydroxyl groups excluding tert-OH is 1. The molecule has 0 saturated carbocycles. The van der Waals surface area contributed by atoms with Gasteiger partial charge in [-0.2, -0.15) is 0 Å². The number of carbonyl (C=O) groups is 2. The number of halogens is 1.